The van der Waals surface area contributed by atoms with Crippen molar-refractivity contribution < 1.29 is 9.90 Å². The minimum absolute atomic E-state index is 0.464. The van der Waals surface area contributed by atoms with Gasteiger partial charge in [-0.2, -0.15) is 0 Å². The van der Waals surface area contributed by atoms with E-state index >= 15 is 0 Å². The van der Waals surface area contributed by atoms with Gasteiger partial charge < -0.3 is 9.67 Å². The summed E-state index contributed by atoms with van der Waals surface area (Å²) < 4.78 is 1.89. The van der Waals surface area contributed by atoms with E-state index in [-0.39, 0.29) is 0 Å². The summed E-state index contributed by atoms with van der Waals surface area (Å²) in [7, 11) is 0. The van der Waals surface area contributed by atoms with Crippen LogP contribution in [-0.2, 0) is 17.9 Å². The van der Waals surface area contributed by atoms with E-state index < -0.39 is 12.0 Å². The Balaban J connectivity index is 2.24. The molecule has 1 atom stereocenters. The van der Waals surface area contributed by atoms with Gasteiger partial charge in [0.2, 0.25) is 0 Å². The van der Waals surface area contributed by atoms with Crippen LogP contribution in [0.5, 0.6) is 0 Å². The molecule has 0 spiro atoms. The molecular weight excluding hydrogens is 170 g/mol. The fourth-order valence-electron chi connectivity index (χ4n) is 1.54. The lowest BCUT2D eigenvalue weighted by atomic mass is 10.2. The Hall–Kier alpha value is -1.36. The monoisotopic (exact) mass is 181 g/mol. The van der Waals surface area contributed by atoms with Crippen LogP contribution in [0.3, 0.4) is 0 Å². The Kier molecular flexibility index (Phi) is 1.81. The highest BCUT2D eigenvalue weighted by molar-refractivity contribution is 5.73. The van der Waals surface area contributed by atoms with E-state index in [9.17, 15) is 4.79 Å². The van der Waals surface area contributed by atoms with E-state index in [1.807, 2.05) is 17.7 Å². The molecule has 5 nitrogen and oxygen atoms in total. The number of carbonyl (C=O) groups is 1. The number of aliphatic carboxylic acids is 1. The maximum atomic E-state index is 10.7. The molecule has 5 heteroatoms. The van der Waals surface area contributed by atoms with Crippen LogP contribution in [0.1, 0.15) is 11.5 Å². The van der Waals surface area contributed by atoms with Gasteiger partial charge in [-0.05, 0) is 6.92 Å². The maximum absolute atomic E-state index is 10.7. The molecule has 1 unspecified atom stereocenters. The molecule has 1 aromatic heterocycles. The zero-order valence-electron chi connectivity index (χ0n) is 7.32. The van der Waals surface area contributed by atoms with Crippen molar-refractivity contribution in [3.05, 3.63) is 17.7 Å². The Labute approximate surface area is 75.4 Å². The van der Waals surface area contributed by atoms with Crippen molar-refractivity contribution >= 4 is 5.97 Å². The average molecular weight is 181 g/mol. The molecule has 13 heavy (non-hydrogen) atoms. The van der Waals surface area contributed by atoms with Crippen LogP contribution >= 0.6 is 0 Å². The first kappa shape index (κ1) is 8.25. The van der Waals surface area contributed by atoms with E-state index in [1.165, 1.54) is 0 Å². The van der Waals surface area contributed by atoms with Gasteiger partial charge in [-0.3, -0.25) is 10.1 Å². The van der Waals surface area contributed by atoms with Gasteiger partial charge in [0.1, 0.15) is 11.9 Å². The largest absolute Gasteiger partial charge is 0.480 e. The average Bonchev–Trinajstić information content (AvgIpc) is 2.42. The fraction of sp³-hybridized carbons (Fsp3) is 0.500. The molecule has 0 aliphatic carbocycles. The lowest BCUT2D eigenvalue weighted by Crippen LogP contribution is -2.44. The smallest absolute Gasteiger partial charge is 0.322 e. The van der Waals surface area contributed by atoms with Gasteiger partial charge >= 0.3 is 5.97 Å². The summed E-state index contributed by atoms with van der Waals surface area (Å²) in [6.07, 6.45) is 1.88. The van der Waals surface area contributed by atoms with Crippen molar-refractivity contribution in [1.82, 2.24) is 14.9 Å². The van der Waals surface area contributed by atoms with E-state index in [0.29, 0.717) is 13.1 Å². The number of nitrogens with zero attached hydrogens (tertiary/aromatic N) is 2. The summed E-state index contributed by atoms with van der Waals surface area (Å²) in [4.78, 5) is 14.9. The lowest BCUT2D eigenvalue weighted by Gasteiger charge is -2.21. The van der Waals surface area contributed by atoms with Gasteiger partial charge in [0, 0.05) is 12.7 Å². The standard InChI is InChI=1S/C8H11N3O2/c1-5-3-11-4-6(8(12)13)9-2-7(11)10-5/h3,6,9H,2,4H2,1H3,(H,12,13). The van der Waals surface area contributed by atoms with Crippen molar-refractivity contribution in [3.8, 4) is 0 Å². The second kappa shape index (κ2) is 2.85. The van der Waals surface area contributed by atoms with Gasteiger partial charge in [0.25, 0.3) is 0 Å². The van der Waals surface area contributed by atoms with Crippen molar-refractivity contribution in [2.45, 2.75) is 26.1 Å². The third-order valence-corrected chi connectivity index (χ3v) is 2.16. The van der Waals surface area contributed by atoms with Gasteiger partial charge in [0.15, 0.2) is 0 Å². The molecule has 0 amide bonds. The first-order chi connectivity index (χ1) is 6.16. The summed E-state index contributed by atoms with van der Waals surface area (Å²) in [5.41, 5.74) is 0.933. The molecule has 2 N–H and O–H groups in total. The van der Waals surface area contributed by atoms with Gasteiger partial charge in [-0.15, -0.1) is 0 Å². The van der Waals surface area contributed by atoms with Gasteiger partial charge in [-0.25, -0.2) is 4.98 Å². The molecule has 0 saturated carbocycles. The Morgan fingerprint density at radius 2 is 2.62 bits per heavy atom. The first-order valence-electron chi connectivity index (χ1n) is 4.15. The van der Waals surface area contributed by atoms with Gasteiger partial charge in [-0.1, -0.05) is 0 Å². The van der Waals surface area contributed by atoms with Crippen molar-refractivity contribution in [2.24, 2.45) is 0 Å². The summed E-state index contributed by atoms with van der Waals surface area (Å²) >= 11 is 0. The van der Waals surface area contributed by atoms with E-state index in [0.717, 1.165) is 11.5 Å². The molecule has 0 fully saturated rings. The second-order valence-corrected chi connectivity index (χ2v) is 3.22. The van der Waals surface area contributed by atoms with Crippen LogP contribution in [0.15, 0.2) is 6.20 Å². The number of fused-ring (bicyclic) bond motifs is 1. The highest BCUT2D eigenvalue weighted by atomic mass is 16.4. The first-order valence-corrected chi connectivity index (χ1v) is 4.15. The topological polar surface area (TPSA) is 67.2 Å². The quantitative estimate of drug-likeness (QED) is 0.626. The maximum Gasteiger partial charge on any atom is 0.322 e. The Bertz CT molecular complexity index is 345. The minimum Gasteiger partial charge on any atom is -0.480 e. The predicted octanol–water partition coefficient (Wildman–Crippen LogP) is -0.252. The zero-order valence-corrected chi connectivity index (χ0v) is 7.32. The van der Waals surface area contributed by atoms with Gasteiger partial charge in [0.05, 0.1) is 12.2 Å². The van der Waals surface area contributed by atoms with Crippen LogP contribution in [0.4, 0.5) is 0 Å². The molecule has 1 aliphatic rings. The predicted molar refractivity (Wildman–Crippen MR) is 45.2 cm³/mol. The third kappa shape index (κ3) is 1.42. The number of imidazole rings is 1. The molecule has 0 aromatic carbocycles. The van der Waals surface area contributed by atoms with Crippen LogP contribution in [-0.4, -0.2) is 26.7 Å². The number of rotatable bonds is 1. The highest BCUT2D eigenvalue weighted by Crippen LogP contribution is 2.09. The van der Waals surface area contributed by atoms with Crippen molar-refractivity contribution in [2.75, 3.05) is 0 Å². The number of aromatic nitrogens is 2. The van der Waals surface area contributed by atoms with Crippen molar-refractivity contribution in [1.29, 1.82) is 0 Å². The van der Waals surface area contributed by atoms with Crippen molar-refractivity contribution in [3.63, 3.8) is 0 Å². The number of hydrogen-bond donors (Lipinski definition) is 2. The number of hydrogen-bond acceptors (Lipinski definition) is 3. The third-order valence-electron chi connectivity index (χ3n) is 2.16. The number of aryl methyl sites for hydroxylation is 1. The molecule has 0 saturated heterocycles. The molecule has 2 rings (SSSR count). The molecule has 0 radical (unpaired) electrons. The van der Waals surface area contributed by atoms with E-state index in [1.54, 1.807) is 0 Å². The van der Waals surface area contributed by atoms with E-state index in [2.05, 4.69) is 10.3 Å². The van der Waals surface area contributed by atoms with Crippen LogP contribution in [0.25, 0.3) is 0 Å². The summed E-state index contributed by atoms with van der Waals surface area (Å²) in [5.74, 6) is 0.104. The van der Waals surface area contributed by atoms with E-state index in [4.69, 9.17) is 5.11 Å². The molecule has 0 bridgehead atoms. The zero-order chi connectivity index (χ0) is 9.42. The highest BCUT2D eigenvalue weighted by Gasteiger charge is 2.23. The number of carboxylic acids is 1. The summed E-state index contributed by atoms with van der Waals surface area (Å²) in [5, 5.41) is 11.7. The van der Waals surface area contributed by atoms with Crippen LogP contribution in [0, 0.1) is 6.92 Å². The SMILES string of the molecule is Cc1cn2c(n1)CNC(C(=O)O)C2. The fourth-order valence-corrected chi connectivity index (χ4v) is 1.54. The molecule has 2 heterocycles. The molecule has 70 valence electrons. The lowest BCUT2D eigenvalue weighted by molar-refractivity contribution is -0.140. The Morgan fingerprint density at radius 3 is 3.31 bits per heavy atom. The number of carboxylic acid groups (broad SMARTS) is 1. The summed E-state index contributed by atoms with van der Waals surface area (Å²) in [6, 6.07) is -0.485. The minimum atomic E-state index is -0.808. The normalized spacial score (nSPS) is 21.2. The molecule has 1 aromatic rings. The second-order valence-electron chi connectivity index (χ2n) is 3.22. The summed E-state index contributed by atoms with van der Waals surface area (Å²) in [6.45, 7) is 2.90. The van der Waals surface area contributed by atoms with Crippen LogP contribution < -0.4 is 5.32 Å². The Morgan fingerprint density at radius 1 is 1.85 bits per heavy atom. The van der Waals surface area contributed by atoms with Crippen LogP contribution in [0.2, 0.25) is 0 Å². The number of nitrogens with one attached hydrogen (secondary N) is 1. The molecular formula is C8H11N3O2. The molecule has 1 aliphatic heterocycles.